The number of benzene rings is 8. The Balaban J connectivity index is 1.07. The molecule has 0 saturated carbocycles. The predicted octanol–water partition coefficient (Wildman–Crippen LogP) is 13.1. The minimum absolute atomic E-state index is 0.443. The van der Waals surface area contributed by atoms with Crippen LogP contribution in [0.5, 0.6) is 0 Å². The van der Waals surface area contributed by atoms with Crippen LogP contribution in [0.4, 0.5) is 17.1 Å². The number of para-hydroxylation sites is 2. The maximum atomic E-state index is 6.58. The first-order valence-electron chi connectivity index (χ1n) is 17.5. The predicted molar refractivity (Wildman–Crippen MR) is 211 cm³/mol. The highest BCUT2D eigenvalue weighted by atomic mass is 16.3. The number of hydrogen-bond donors (Lipinski definition) is 0. The second kappa shape index (κ2) is 11.8. The minimum atomic E-state index is -0.443. The summed E-state index contributed by atoms with van der Waals surface area (Å²) in [6.07, 6.45) is 0. The molecule has 2 heteroatoms. The van der Waals surface area contributed by atoms with E-state index in [0.29, 0.717) is 0 Å². The van der Waals surface area contributed by atoms with E-state index in [2.05, 4.69) is 205 Å². The highest BCUT2D eigenvalue weighted by molar-refractivity contribution is 6.06. The van der Waals surface area contributed by atoms with E-state index < -0.39 is 5.41 Å². The van der Waals surface area contributed by atoms with Crippen LogP contribution < -0.4 is 4.90 Å². The zero-order chi connectivity index (χ0) is 33.8. The van der Waals surface area contributed by atoms with Gasteiger partial charge < -0.3 is 9.32 Å². The molecule has 0 saturated heterocycles. The first-order chi connectivity index (χ1) is 25.3. The van der Waals surface area contributed by atoms with E-state index in [1.54, 1.807) is 0 Å². The van der Waals surface area contributed by atoms with Crippen LogP contribution in [0.3, 0.4) is 0 Å². The van der Waals surface area contributed by atoms with Crippen LogP contribution >= 0.6 is 0 Å². The lowest BCUT2D eigenvalue weighted by molar-refractivity contribution is 0.668. The highest BCUT2D eigenvalue weighted by Gasteiger charge is 2.46. The maximum Gasteiger partial charge on any atom is 0.136 e. The Morgan fingerprint density at radius 1 is 0.353 bits per heavy atom. The second-order valence-corrected chi connectivity index (χ2v) is 13.3. The smallest absolute Gasteiger partial charge is 0.136 e. The molecule has 240 valence electrons. The molecule has 0 amide bonds. The van der Waals surface area contributed by atoms with Crippen molar-refractivity contribution in [3.63, 3.8) is 0 Å². The fraction of sp³-hybridized carbons (Fsp3) is 0.0204. The Morgan fingerprint density at radius 2 is 0.882 bits per heavy atom. The molecule has 0 N–H and O–H groups in total. The lowest BCUT2D eigenvalue weighted by Crippen LogP contribution is -2.28. The van der Waals surface area contributed by atoms with E-state index in [4.69, 9.17) is 4.42 Å². The van der Waals surface area contributed by atoms with Crippen LogP contribution in [-0.4, -0.2) is 0 Å². The van der Waals surface area contributed by atoms with Crippen molar-refractivity contribution in [1.82, 2.24) is 0 Å². The first-order valence-corrected chi connectivity index (χ1v) is 17.5. The Hall–Kier alpha value is -6.64. The van der Waals surface area contributed by atoms with Gasteiger partial charge in [-0.1, -0.05) is 140 Å². The van der Waals surface area contributed by atoms with Gasteiger partial charge in [-0.25, -0.2) is 0 Å². The van der Waals surface area contributed by atoms with E-state index in [0.717, 1.165) is 50.1 Å². The van der Waals surface area contributed by atoms with Crippen LogP contribution in [0.2, 0.25) is 0 Å². The normalized spacial score (nSPS) is 12.9. The molecule has 1 aliphatic rings. The quantitative estimate of drug-likeness (QED) is 0.178. The Kier molecular flexibility index (Phi) is 6.75. The summed E-state index contributed by atoms with van der Waals surface area (Å²) in [5, 5.41) is 2.25. The van der Waals surface area contributed by atoms with Gasteiger partial charge in [0.15, 0.2) is 0 Å². The van der Waals surface area contributed by atoms with Crippen LogP contribution in [0.1, 0.15) is 22.3 Å². The summed E-state index contributed by atoms with van der Waals surface area (Å²) >= 11 is 0. The first kappa shape index (κ1) is 29.3. The van der Waals surface area contributed by atoms with Crippen molar-refractivity contribution in [3.05, 3.63) is 222 Å². The van der Waals surface area contributed by atoms with E-state index in [1.807, 2.05) is 0 Å². The fourth-order valence-electron chi connectivity index (χ4n) is 8.31. The molecule has 1 aliphatic carbocycles. The Labute approximate surface area is 297 Å². The molecule has 8 aromatic carbocycles. The number of furan rings is 1. The molecular weight excluding hydrogens is 619 g/mol. The zero-order valence-corrected chi connectivity index (χ0v) is 27.9. The van der Waals surface area contributed by atoms with Gasteiger partial charge in [-0.2, -0.15) is 0 Å². The number of fused-ring (bicyclic) bond motifs is 6. The molecule has 0 aliphatic heterocycles. The van der Waals surface area contributed by atoms with Crippen molar-refractivity contribution in [1.29, 1.82) is 0 Å². The van der Waals surface area contributed by atoms with Gasteiger partial charge in [-0.15, -0.1) is 0 Å². The third-order valence-corrected chi connectivity index (χ3v) is 10.6. The lowest BCUT2D eigenvalue weighted by atomic mass is 9.67. The van der Waals surface area contributed by atoms with Gasteiger partial charge in [0.2, 0.25) is 0 Å². The summed E-state index contributed by atoms with van der Waals surface area (Å²) < 4.78 is 6.58. The molecule has 9 aromatic rings. The van der Waals surface area contributed by atoms with Gasteiger partial charge in [0, 0.05) is 27.8 Å². The van der Waals surface area contributed by atoms with Gasteiger partial charge in [-0.3, -0.25) is 0 Å². The highest BCUT2D eigenvalue weighted by Crippen LogP contribution is 2.56. The molecule has 2 nitrogen and oxygen atoms in total. The summed E-state index contributed by atoms with van der Waals surface area (Å²) in [7, 11) is 0. The number of rotatable bonds is 6. The molecule has 0 unspecified atom stereocenters. The molecule has 10 rings (SSSR count). The fourth-order valence-corrected chi connectivity index (χ4v) is 8.31. The van der Waals surface area contributed by atoms with Crippen molar-refractivity contribution in [2.75, 3.05) is 4.90 Å². The van der Waals surface area contributed by atoms with Crippen molar-refractivity contribution >= 4 is 39.0 Å². The van der Waals surface area contributed by atoms with Gasteiger partial charge >= 0.3 is 0 Å². The number of hydrogen-bond acceptors (Lipinski definition) is 2. The van der Waals surface area contributed by atoms with Crippen LogP contribution in [0.25, 0.3) is 44.2 Å². The van der Waals surface area contributed by atoms with E-state index in [-0.39, 0.29) is 0 Å². The molecule has 0 bridgehead atoms. The van der Waals surface area contributed by atoms with Crippen LogP contribution in [-0.2, 0) is 5.41 Å². The van der Waals surface area contributed by atoms with Gasteiger partial charge in [0.05, 0.1) is 5.41 Å². The number of nitrogens with zero attached hydrogens (tertiary/aromatic N) is 1. The molecular formula is C49H33NO. The summed E-state index contributed by atoms with van der Waals surface area (Å²) in [4.78, 5) is 2.28. The molecule has 51 heavy (non-hydrogen) atoms. The standard InChI is InChI=1S/C49H33NO/c1-4-14-36(15-5-1)49(45-22-12-10-20-41(45)42-21-11-13-23-46(42)49)37-27-31-47-44(33-37)43-30-26-35(32-48(43)51-47)34-24-28-40(29-25-34)50(38-16-6-2-7-17-38)39-18-8-3-9-19-39/h1-33H. The average molecular weight is 652 g/mol. The monoisotopic (exact) mass is 651 g/mol. The maximum absolute atomic E-state index is 6.58. The van der Waals surface area contributed by atoms with Crippen LogP contribution in [0.15, 0.2) is 205 Å². The lowest BCUT2D eigenvalue weighted by Gasteiger charge is -2.33. The van der Waals surface area contributed by atoms with Crippen molar-refractivity contribution < 1.29 is 4.42 Å². The van der Waals surface area contributed by atoms with E-state index in [9.17, 15) is 0 Å². The van der Waals surface area contributed by atoms with Crippen LogP contribution in [0, 0.1) is 0 Å². The van der Waals surface area contributed by atoms with Gasteiger partial charge in [-0.05, 0) is 105 Å². The third-order valence-electron chi connectivity index (χ3n) is 10.6. The van der Waals surface area contributed by atoms with Crippen molar-refractivity contribution in [2.45, 2.75) is 5.41 Å². The summed E-state index contributed by atoms with van der Waals surface area (Å²) in [6, 6.07) is 72.0. The second-order valence-electron chi connectivity index (χ2n) is 13.3. The van der Waals surface area contributed by atoms with E-state index in [1.165, 1.54) is 33.4 Å². The summed E-state index contributed by atoms with van der Waals surface area (Å²) in [6.45, 7) is 0. The molecule has 1 aromatic heterocycles. The molecule has 0 atom stereocenters. The molecule has 0 fully saturated rings. The van der Waals surface area contributed by atoms with E-state index >= 15 is 0 Å². The average Bonchev–Trinajstić information content (AvgIpc) is 3.72. The topological polar surface area (TPSA) is 16.4 Å². The number of anilines is 3. The minimum Gasteiger partial charge on any atom is -0.456 e. The SMILES string of the molecule is c1ccc(N(c2ccccc2)c2ccc(-c3ccc4c(c3)oc3ccc(C5(c6ccccc6)c6ccccc6-c6ccccc65)cc34)cc2)cc1. The van der Waals surface area contributed by atoms with Gasteiger partial charge in [0.1, 0.15) is 11.2 Å². The zero-order valence-electron chi connectivity index (χ0n) is 27.9. The molecule has 0 spiro atoms. The third kappa shape index (κ3) is 4.57. The molecule has 0 radical (unpaired) electrons. The summed E-state index contributed by atoms with van der Waals surface area (Å²) in [5.74, 6) is 0. The van der Waals surface area contributed by atoms with Crippen molar-refractivity contribution in [3.8, 4) is 22.3 Å². The van der Waals surface area contributed by atoms with Crippen molar-refractivity contribution in [2.24, 2.45) is 0 Å². The van der Waals surface area contributed by atoms with Gasteiger partial charge in [0.25, 0.3) is 0 Å². The molecule has 1 heterocycles. The summed E-state index contributed by atoms with van der Waals surface area (Å²) in [5.41, 5.74) is 14.7. The Bertz CT molecular complexity index is 2590. The Morgan fingerprint density at radius 3 is 1.51 bits per heavy atom. The largest absolute Gasteiger partial charge is 0.456 e.